The van der Waals surface area contributed by atoms with Gasteiger partial charge < -0.3 is 9.47 Å². The lowest BCUT2D eigenvalue weighted by atomic mass is 9.90. The first-order valence-electron chi connectivity index (χ1n) is 18.2. The van der Waals surface area contributed by atoms with E-state index in [-0.39, 0.29) is 0 Å². The number of para-hydroxylation sites is 3. The van der Waals surface area contributed by atoms with Crippen molar-refractivity contribution in [2.45, 2.75) is 0 Å². The van der Waals surface area contributed by atoms with E-state index >= 15 is 0 Å². The van der Waals surface area contributed by atoms with Gasteiger partial charge in [0.15, 0.2) is 0 Å². The number of anilines is 3. The van der Waals surface area contributed by atoms with Gasteiger partial charge in [0.1, 0.15) is 0 Å². The van der Waals surface area contributed by atoms with Crippen LogP contribution >= 0.6 is 11.3 Å². The van der Waals surface area contributed by atoms with Crippen molar-refractivity contribution < 1.29 is 0 Å². The molecule has 246 valence electrons. The van der Waals surface area contributed by atoms with Crippen LogP contribution in [0.4, 0.5) is 17.1 Å². The molecule has 0 saturated carbocycles. The number of rotatable bonds is 2. The van der Waals surface area contributed by atoms with Crippen LogP contribution in [0.25, 0.3) is 91.5 Å². The van der Waals surface area contributed by atoms with Gasteiger partial charge in [0, 0.05) is 53.4 Å². The van der Waals surface area contributed by atoms with Crippen LogP contribution in [-0.4, -0.2) is 4.57 Å². The van der Waals surface area contributed by atoms with E-state index in [4.69, 9.17) is 0 Å². The summed E-state index contributed by atoms with van der Waals surface area (Å²) in [6.07, 6.45) is 0. The Labute approximate surface area is 310 Å². The van der Waals surface area contributed by atoms with Crippen LogP contribution in [0, 0.1) is 0 Å². The molecule has 11 aromatic rings. The minimum atomic E-state index is 1.16. The first kappa shape index (κ1) is 29.0. The average Bonchev–Trinajstić information content (AvgIpc) is 3.72. The number of nitrogens with zero attached hydrogens (tertiary/aromatic N) is 2. The SMILES string of the molecule is c1ccc2c(c1)-c1ccc3ccccc3c1-c1ccccc1N2c1ccc2c(c1)sc1cc(-n3c4ccccc4c4c5ccccc5ccc43)ccc12. The van der Waals surface area contributed by atoms with Crippen LogP contribution in [0.2, 0.25) is 0 Å². The van der Waals surface area contributed by atoms with Gasteiger partial charge in [-0.2, -0.15) is 0 Å². The van der Waals surface area contributed by atoms with Gasteiger partial charge in [-0.25, -0.2) is 0 Å². The maximum absolute atomic E-state index is 2.47. The van der Waals surface area contributed by atoms with Crippen molar-refractivity contribution in [3.05, 3.63) is 182 Å². The Bertz CT molecular complexity index is 3310. The maximum atomic E-state index is 2.47. The van der Waals surface area contributed by atoms with E-state index in [1.54, 1.807) is 0 Å². The van der Waals surface area contributed by atoms with Crippen LogP contribution in [0.5, 0.6) is 0 Å². The number of aromatic nitrogens is 1. The van der Waals surface area contributed by atoms with Crippen LogP contribution in [0.3, 0.4) is 0 Å². The molecule has 12 rings (SSSR count). The quantitative estimate of drug-likeness (QED) is 0.175. The molecular weight excluding hydrogens is 661 g/mol. The maximum Gasteiger partial charge on any atom is 0.0547 e. The van der Waals surface area contributed by atoms with Gasteiger partial charge in [-0.05, 0) is 81.2 Å². The van der Waals surface area contributed by atoms with E-state index in [9.17, 15) is 0 Å². The Morgan fingerprint density at radius 1 is 0.358 bits per heavy atom. The molecule has 0 amide bonds. The van der Waals surface area contributed by atoms with Crippen molar-refractivity contribution >= 4 is 91.9 Å². The number of benzene rings is 9. The smallest absolute Gasteiger partial charge is 0.0547 e. The number of thiophene rings is 1. The first-order chi connectivity index (χ1) is 26.3. The Kier molecular flexibility index (Phi) is 5.96. The second-order valence-electron chi connectivity index (χ2n) is 14.1. The van der Waals surface area contributed by atoms with Crippen LogP contribution in [0.15, 0.2) is 182 Å². The minimum absolute atomic E-state index is 1.16. The fraction of sp³-hybridized carbons (Fsp3) is 0. The molecule has 0 N–H and O–H groups in total. The summed E-state index contributed by atoms with van der Waals surface area (Å²) in [5.74, 6) is 0. The second kappa shape index (κ2) is 10.9. The molecule has 53 heavy (non-hydrogen) atoms. The topological polar surface area (TPSA) is 8.17 Å². The zero-order valence-electron chi connectivity index (χ0n) is 28.6. The van der Waals surface area contributed by atoms with Crippen LogP contribution < -0.4 is 4.90 Å². The third-order valence-corrected chi connectivity index (χ3v) is 12.4. The molecule has 0 fully saturated rings. The van der Waals surface area contributed by atoms with Crippen molar-refractivity contribution in [3.63, 3.8) is 0 Å². The van der Waals surface area contributed by atoms with E-state index < -0.39 is 0 Å². The molecule has 0 radical (unpaired) electrons. The Morgan fingerprint density at radius 2 is 0.943 bits per heavy atom. The lowest BCUT2D eigenvalue weighted by Gasteiger charge is -2.27. The van der Waals surface area contributed by atoms with E-state index in [1.807, 2.05) is 11.3 Å². The highest BCUT2D eigenvalue weighted by Crippen LogP contribution is 2.53. The van der Waals surface area contributed by atoms with Gasteiger partial charge in [0.25, 0.3) is 0 Å². The largest absolute Gasteiger partial charge is 0.309 e. The molecule has 0 spiro atoms. The minimum Gasteiger partial charge on any atom is -0.309 e. The number of fused-ring (bicyclic) bond motifs is 15. The van der Waals surface area contributed by atoms with E-state index in [1.165, 1.54) is 103 Å². The van der Waals surface area contributed by atoms with E-state index in [0.717, 1.165) is 5.69 Å². The third-order valence-electron chi connectivity index (χ3n) is 11.3. The van der Waals surface area contributed by atoms with E-state index in [2.05, 4.69) is 191 Å². The molecule has 3 heteroatoms. The van der Waals surface area contributed by atoms with Gasteiger partial charge >= 0.3 is 0 Å². The fourth-order valence-electron chi connectivity index (χ4n) is 9.02. The van der Waals surface area contributed by atoms with Gasteiger partial charge in [0.2, 0.25) is 0 Å². The van der Waals surface area contributed by atoms with Crippen molar-refractivity contribution in [2.75, 3.05) is 4.90 Å². The molecule has 1 aliphatic heterocycles. The summed E-state index contributed by atoms with van der Waals surface area (Å²) in [7, 11) is 0. The highest BCUT2D eigenvalue weighted by molar-refractivity contribution is 7.25. The predicted molar refractivity (Wildman–Crippen MR) is 228 cm³/mol. The van der Waals surface area contributed by atoms with Crippen molar-refractivity contribution in [1.82, 2.24) is 4.57 Å². The first-order valence-corrected chi connectivity index (χ1v) is 19.0. The highest BCUT2D eigenvalue weighted by atomic mass is 32.1. The zero-order valence-corrected chi connectivity index (χ0v) is 29.4. The van der Waals surface area contributed by atoms with Crippen molar-refractivity contribution in [2.24, 2.45) is 0 Å². The predicted octanol–water partition coefficient (Wildman–Crippen LogP) is 14.6. The molecular formula is C50H30N2S. The molecule has 0 atom stereocenters. The van der Waals surface area contributed by atoms with Gasteiger partial charge in [0.05, 0.1) is 22.4 Å². The standard InChI is InChI=1S/C50H30N2S/c1-3-13-35-31(11-1)21-25-40-37-15-5-8-18-43(37)51(44-19-9-6-16-41(44)49(35)40)33-23-26-38-39-27-24-34(30-48(39)53-47(38)29-33)52-45-20-10-7-17-42(45)50-36-14-4-2-12-32(36)22-28-46(50)52/h1-30H. The summed E-state index contributed by atoms with van der Waals surface area (Å²) < 4.78 is 5.01. The highest BCUT2D eigenvalue weighted by Gasteiger charge is 2.27. The van der Waals surface area contributed by atoms with Crippen LogP contribution in [0.1, 0.15) is 0 Å². The second-order valence-corrected chi connectivity index (χ2v) is 15.2. The van der Waals surface area contributed by atoms with Gasteiger partial charge in [-0.3, -0.25) is 0 Å². The molecule has 3 heterocycles. The van der Waals surface area contributed by atoms with Crippen molar-refractivity contribution in [1.29, 1.82) is 0 Å². The van der Waals surface area contributed by atoms with Crippen LogP contribution in [-0.2, 0) is 0 Å². The normalized spacial score (nSPS) is 12.5. The third kappa shape index (κ3) is 4.08. The average molecular weight is 691 g/mol. The molecule has 2 aromatic heterocycles. The van der Waals surface area contributed by atoms with Gasteiger partial charge in [-0.1, -0.05) is 133 Å². The summed E-state index contributed by atoms with van der Waals surface area (Å²) in [4.78, 5) is 2.47. The monoisotopic (exact) mass is 690 g/mol. The molecule has 0 bridgehead atoms. The number of hydrogen-bond donors (Lipinski definition) is 0. The fourth-order valence-corrected chi connectivity index (χ4v) is 10.2. The summed E-state index contributed by atoms with van der Waals surface area (Å²) in [6.45, 7) is 0. The zero-order chi connectivity index (χ0) is 34.6. The molecule has 9 aromatic carbocycles. The van der Waals surface area contributed by atoms with E-state index in [0.29, 0.717) is 0 Å². The summed E-state index contributed by atoms with van der Waals surface area (Å²) in [5.41, 5.74) is 12.2. The summed E-state index contributed by atoms with van der Waals surface area (Å²) >= 11 is 1.88. The molecule has 0 aliphatic carbocycles. The Morgan fingerprint density at radius 3 is 1.75 bits per heavy atom. The molecule has 2 nitrogen and oxygen atoms in total. The lowest BCUT2D eigenvalue weighted by Crippen LogP contribution is -2.10. The lowest BCUT2D eigenvalue weighted by molar-refractivity contribution is 1.19. The summed E-state index contributed by atoms with van der Waals surface area (Å²) in [5, 5.41) is 10.3. The number of hydrogen-bond acceptors (Lipinski definition) is 2. The van der Waals surface area contributed by atoms with Crippen molar-refractivity contribution in [3.8, 4) is 27.9 Å². The summed E-state index contributed by atoms with van der Waals surface area (Å²) in [6, 6.07) is 67.3. The van der Waals surface area contributed by atoms with Gasteiger partial charge in [-0.15, -0.1) is 11.3 Å². The molecule has 0 saturated heterocycles. The molecule has 0 unspecified atom stereocenters. The Balaban J connectivity index is 1.06. The Hall–Kier alpha value is -6.68. The molecule has 1 aliphatic rings.